The summed E-state index contributed by atoms with van der Waals surface area (Å²) in [5, 5.41) is 3.98. The van der Waals surface area contributed by atoms with E-state index in [9.17, 15) is 9.18 Å². The lowest BCUT2D eigenvalue weighted by Gasteiger charge is -2.25. The molecule has 1 aromatic heterocycles. The highest BCUT2D eigenvalue weighted by Crippen LogP contribution is 2.21. The molecular formula is C25H28FN3O4. The van der Waals surface area contributed by atoms with Crippen LogP contribution in [0.3, 0.4) is 0 Å². The van der Waals surface area contributed by atoms with Gasteiger partial charge < -0.3 is 18.9 Å². The second-order valence-corrected chi connectivity index (χ2v) is 8.24. The summed E-state index contributed by atoms with van der Waals surface area (Å²) in [6, 6.07) is 12.4. The van der Waals surface area contributed by atoms with Crippen LogP contribution < -0.4 is 4.74 Å². The van der Waals surface area contributed by atoms with Crippen molar-refractivity contribution in [1.29, 1.82) is 0 Å². The highest BCUT2D eigenvalue weighted by atomic mass is 19.1. The Hall–Kier alpha value is -3.26. The molecule has 1 amide bonds. The molecule has 0 N–H and O–H groups in total. The molecule has 0 aliphatic carbocycles. The number of amides is 1. The van der Waals surface area contributed by atoms with Crippen LogP contribution in [0.4, 0.5) is 4.39 Å². The van der Waals surface area contributed by atoms with Crippen molar-refractivity contribution in [2.75, 3.05) is 20.3 Å². The summed E-state index contributed by atoms with van der Waals surface area (Å²) in [5.41, 5.74) is 2.18. The van der Waals surface area contributed by atoms with Crippen molar-refractivity contribution in [3.63, 3.8) is 0 Å². The smallest absolute Gasteiger partial charge is 0.227 e. The monoisotopic (exact) mass is 453 g/mol. The van der Waals surface area contributed by atoms with Crippen molar-refractivity contribution in [2.24, 2.45) is 0 Å². The number of ether oxygens (including phenoxy) is 2. The van der Waals surface area contributed by atoms with Crippen LogP contribution in [0.25, 0.3) is 11.4 Å². The molecule has 1 atom stereocenters. The largest absolute Gasteiger partial charge is 0.497 e. The Bertz CT molecular complexity index is 1090. The molecule has 174 valence electrons. The van der Waals surface area contributed by atoms with Crippen LogP contribution in [0, 0.1) is 12.7 Å². The van der Waals surface area contributed by atoms with Gasteiger partial charge >= 0.3 is 0 Å². The summed E-state index contributed by atoms with van der Waals surface area (Å²) < 4.78 is 29.9. The second-order valence-electron chi connectivity index (χ2n) is 8.24. The molecule has 1 aliphatic rings. The van der Waals surface area contributed by atoms with Crippen molar-refractivity contribution in [2.45, 2.75) is 45.3 Å². The molecule has 7 nitrogen and oxygen atoms in total. The van der Waals surface area contributed by atoms with Crippen molar-refractivity contribution in [3.05, 3.63) is 65.3 Å². The van der Waals surface area contributed by atoms with Crippen molar-refractivity contribution < 1.29 is 23.2 Å². The van der Waals surface area contributed by atoms with E-state index < -0.39 is 0 Å². The van der Waals surface area contributed by atoms with Crippen LogP contribution in [0.2, 0.25) is 0 Å². The van der Waals surface area contributed by atoms with E-state index in [4.69, 9.17) is 14.0 Å². The van der Waals surface area contributed by atoms with E-state index in [0.29, 0.717) is 42.4 Å². The first-order valence-electron chi connectivity index (χ1n) is 11.1. The number of rotatable bonds is 9. The van der Waals surface area contributed by atoms with E-state index in [1.165, 1.54) is 6.07 Å². The van der Waals surface area contributed by atoms with Crippen LogP contribution in [0.5, 0.6) is 5.75 Å². The summed E-state index contributed by atoms with van der Waals surface area (Å²) in [5.74, 6) is 1.22. The first kappa shape index (κ1) is 22.9. The fourth-order valence-corrected chi connectivity index (χ4v) is 3.91. The molecule has 0 saturated carbocycles. The molecule has 0 spiro atoms. The molecule has 4 rings (SSSR count). The van der Waals surface area contributed by atoms with Gasteiger partial charge in [-0.2, -0.15) is 4.98 Å². The lowest BCUT2D eigenvalue weighted by Crippen LogP contribution is -2.37. The maximum atomic E-state index is 13.5. The van der Waals surface area contributed by atoms with Crippen LogP contribution in [-0.2, 0) is 22.5 Å². The molecule has 0 bridgehead atoms. The quantitative estimate of drug-likeness (QED) is 0.480. The predicted molar refractivity (Wildman–Crippen MR) is 120 cm³/mol. The predicted octanol–water partition coefficient (Wildman–Crippen LogP) is 4.33. The fraction of sp³-hybridized carbons (Fsp3) is 0.400. The number of halogens is 1. The number of aromatic nitrogens is 2. The molecule has 1 aliphatic heterocycles. The van der Waals surface area contributed by atoms with E-state index in [1.54, 1.807) is 26.2 Å². The number of hydrogen-bond donors (Lipinski definition) is 0. The van der Waals surface area contributed by atoms with E-state index in [1.807, 2.05) is 29.2 Å². The van der Waals surface area contributed by atoms with Gasteiger partial charge in [0, 0.05) is 38.1 Å². The zero-order valence-electron chi connectivity index (χ0n) is 18.9. The molecule has 1 saturated heterocycles. The number of methoxy groups -OCH3 is 1. The minimum Gasteiger partial charge on any atom is -0.497 e. The van der Waals surface area contributed by atoms with Gasteiger partial charge in [-0.1, -0.05) is 17.3 Å². The lowest BCUT2D eigenvalue weighted by molar-refractivity contribution is -0.133. The SMILES string of the molecule is COc1cccc(CN(CC2CCCO2)C(=O)CCc2nc(-c3ccc(F)c(C)c3)no2)c1. The van der Waals surface area contributed by atoms with Gasteiger partial charge in [0.05, 0.1) is 13.2 Å². The minimum atomic E-state index is -0.282. The standard InChI is InChI=1S/C25H28FN3O4/c1-17-13-19(8-9-22(17)26)25-27-23(33-28-25)10-11-24(30)29(16-21-7-4-12-32-21)15-18-5-3-6-20(14-18)31-2/h3,5-6,8-9,13-14,21H,4,7,10-12,15-16H2,1-2H3. The Balaban J connectivity index is 1.41. The first-order valence-corrected chi connectivity index (χ1v) is 11.1. The van der Waals surface area contributed by atoms with E-state index >= 15 is 0 Å². The minimum absolute atomic E-state index is 0.00861. The Morgan fingerprint density at radius 2 is 2.15 bits per heavy atom. The van der Waals surface area contributed by atoms with E-state index in [2.05, 4.69) is 10.1 Å². The Kier molecular flexibility index (Phi) is 7.34. The fourth-order valence-electron chi connectivity index (χ4n) is 3.91. The number of nitrogens with zero attached hydrogens (tertiary/aromatic N) is 3. The van der Waals surface area contributed by atoms with Crippen molar-refractivity contribution in [1.82, 2.24) is 15.0 Å². The van der Waals surface area contributed by atoms with Gasteiger partial charge in [-0.3, -0.25) is 4.79 Å². The molecular weight excluding hydrogens is 425 g/mol. The van der Waals surface area contributed by atoms with Gasteiger partial charge in [0.1, 0.15) is 11.6 Å². The highest BCUT2D eigenvalue weighted by molar-refractivity contribution is 5.76. The lowest BCUT2D eigenvalue weighted by atomic mass is 10.1. The van der Waals surface area contributed by atoms with Crippen LogP contribution in [0.15, 0.2) is 47.0 Å². The molecule has 1 fully saturated rings. The van der Waals surface area contributed by atoms with Crippen LogP contribution in [0.1, 0.15) is 36.3 Å². The topological polar surface area (TPSA) is 77.7 Å². The van der Waals surface area contributed by atoms with Crippen molar-refractivity contribution in [3.8, 4) is 17.1 Å². The van der Waals surface area contributed by atoms with Crippen LogP contribution >= 0.6 is 0 Å². The van der Waals surface area contributed by atoms with E-state index in [0.717, 1.165) is 30.8 Å². The molecule has 2 aromatic carbocycles. The Morgan fingerprint density at radius 1 is 1.27 bits per heavy atom. The van der Waals surface area contributed by atoms with Gasteiger partial charge in [0.2, 0.25) is 17.6 Å². The third kappa shape index (κ3) is 5.96. The maximum absolute atomic E-state index is 13.5. The summed E-state index contributed by atoms with van der Waals surface area (Å²) in [4.78, 5) is 19.3. The summed E-state index contributed by atoms with van der Waals surface area (Å²) in [6.45, 7) is 3.43. The van der Waals surface area contributed by atoms with Gasteiger partial charge in [-0.15, -0.1) is 0 Å². The summed E-state index contributed by atoms with van der Waals surface area (Å²) >= 11 is 0. The molecule has 0 radical (unpaired) electrons. The van der Waals surface area contributed by atoms with Gasteiger partial charge in [-0.05, 0) is 61.2 Å². The van der Waals surface area contributed by atoms with Gasteiger partial charge in [0.25, 0.3) is 0 Å². The Labute approximate surface area is 192 Å². The third-order valence-corrected chi connectivity index (χ3v) is 5.75. The molecule has 2 heterocycles. The normalized spacial score (nSPS) is 15.5. The number of carbonyl (C=O) groups is 1. The summed E-state index contributed by atoms with van der Waals surface area (Å²) in [6.07, 6.45) is 2.58. The second kappa shape index (κ2) is 10.6. The van der Waals surface area contributed by atoms with E-state index in [-0.39, 0.29) is 24.2 Å². The number of hydrogen-bond acceptors (Lipinski definition) is 6. The number of benzene rings is 2. The highest BCUT2D eigenvalue weighted by Gasteiger charge is 2.23. The molecule has 1 unspecified atom stereocenters. The average molecular weight is 454 g/mol. The van der Waals surface area contributed by atoms with Crippen LogP contribution in [-0.4, -0.2) is 47.3 Å². The third-order valence-electron chi connectivity index (χ3n) is 5.75. The molecule has 3 aromatic rings. The zero-order valence-corrected chi connectivity index (χ0v) is 18.9. The van der Waals surface area contributed by atoms with Crippen molar-refractivity contribution >= 4 is 5.91 Å². The number of carbonyl (C=O) groups excluding carboxylic acids is 1. The molecule has 8 heteroatoms. The summed E-state index contributed by atoms with van der Waals surface area (Å²) in [7, 11) is 1.63. The van der Waals surface area contributed by atoms with Gasteiger partial charge in [-0.25, -0.2) is 4.39 Å². The zero-order chi connectivity index (χ0) is 23.2. The van der Waals surface area contributed by atoms with Gasteiger partial charge in [0.15, 0.2) is 0 Å². The average Bonchev–Trinajstić information content (AvgIpc) is 3.51. The number of aryl methyl sites for hydroxylation is 2. The maximum Gasteiger partial charge on any atom is 0.227 e. The Morgan fingerprint density at radius 3 is 2.91 bits per heavy atom. The molecule has 33 heavy (non-hydrogen) atoms. The first-order chi connectivity index (χ1) is 16.0.